The second-order valence-corrected chi connectivity index (χ2v) is 5.46. The van der Waals surface area contributed by atoms with E-state index in [1.807, 2.05) is 0 Å². The number of Topliss-reactive ketones (excluding diaryl/α,β-unsaturated/α-hetero) is 1. The zero-order valence-corrected chi connectivity index (χ0v) is 10.0. The van der Waals surface area contributed by atoms with Crippen LogP contribution in [-0.2, 0) is 4.79 Å². The summed E-state index contributed by atoms with van der Waals surface area (Å²) in [6, 6.07) is 0.554. The highest BCUT2D eigenvalue weighted by Gasteiger charge is 2.34. The number of fused-ring (bicyclic) bond motifs is 2. The van der Waals surface area contributed by atoms with E-state index in [4.69, 9.17) is 0 Å². The number of allylic oxidation sites excluding steroid dienone is 2. The summed E-state index contributed by atoms with van der Waals surface area (Å²) in [6.45, 7) is 1.21. The van der Waals surface area contributed by atoms with E-state index in [2.05, 4.69) is 4.90 Å². The monoisotopic (exact) mass is 219 g/mol. The summed E-state index contributed by atoms with van der Waals surface area (Å²) in [6.07, 6.45) is 10.7. The van der Waals surface area contributed by atoms with E-state index in [1.165, 1.54) is 56.3 Å². The average molecular weight is 219 g/mol. The first-order valence-electron chi connectivity index (χ1n) is 6.88. The van der Waals surface area contributed by atoms with E-state index >= 15 is 0 Å². The number of piperidine rings is 1. The molecule has 0 amide bonds. The number of rotatable bonds is 0. The van der Waals surface area contributed by atoms with Crippen LogP contribution in [-0.4, -0.2) is 23.3 Å². The Morgan fingerprint density at radius 3 is 2.81 bits per heavy atom. The van der Waals surface area contributed by atoms with E-state index in [0.29, 0.717) is 11.8 Å². The van der Waals surface area contributed by atoms with Crippen molar-refractivity contribution in [3.63, 3.8) is 0 Å². The highest BCUT2D eigenvalue weighted by molar-refractivity contribution is 5.97. The maximum Gasteiger partial charge on any atom is 0.162 e. The molecule has 3 aliphatic rings. The molecule has 2 aliphatic heterocycles. The molecule has 0 radical (unpaired) electrons. The molecule has 1 atom stereocenters. The van der Waals surface area contributed by atoms with Gasteiger partial charge in [0.1, 0.15) is 0 Å². The number of hydrogen-bond donors (Lipinski definition) is 0. The lowest BCUT2D eigenvalue weighted by molar-refractivity contribution is -0.118. The summed E-state index contributed by atoms with van der Waals surface area (Å²) in [5.74, 6) is 0.472. The number of nitrogens with zero attached hydrogens (tertiary/aromatic N) is 1. The second-order valence-electron chi connectivity index (χ2n) is 5.46. The van der Waals surface area contributed by atoms with Crippen LogP contribution in [0.2, 0.25) is 0 Å². The first kappa shape index (κ1) is 10.4. The molecule has 2 heteroatoms. The Morgan fingerprint density at radius 1 is 1.00 bits per heavy atom. The molecular formula is C14H21NO. The van der Waals surface area contributed by atoms with Crippen LogP contribution >= 0.6 is 0 Å². The minimum absolute atomic E-state index is 0.472. The van der Waals surface area contributed by atoms with Crippen molar-refractivity contribution in [2.45, 2.75) is 63.8 Å². The molecule has 1 unspecified atom stereocenters. The third-order valence-electron chi connectivity index (χ3n) is 4.42. The summed E-state index contributed by atoms with van der Waals surface area (Å²) in [5, 5.41) is 0. The van der Waals surface area contributed by atoms with Gasteiger partial charge in [0.25, 0.3) is 0 Å². The van der Waals surface area contributed by atoms with Gasteiger partial charge in [-0.3, -0.25) is 4.79 Å². The third kappa shape index (κ3) is 1.68. The molecule has 16 heavy (non-hydrogen) atoms. The van der Waals surface area contributed by atoms with Gasteiger partial charge in [-0.2, -0.15) is 0 Å². The molecule has 2 heterocycles. The standard InChI is InChI=1S/C14H21NO/c16-14-10-11-6-4-5-9-15(11)13-8-3-1-2-7-12(13)14/h11H,1-10H2. The minimum Gasteiger partial charge on any atom is -0.371 e. The van der Waals surface area contributed by atoms with Crippen molar-refractivity contribution in [1.29, 1.82) is 0 Å². The normalized spacial score (nSPS) is 30.9. The van der Waals surface area contributed by atoms with Gasteiger partial charge in [0, 0.05) is 30.3 Å². The van der Waals surface area contributed by atoms with Gasteiger partial charge in [-0.05, 0) is 44.9 Å². The molecule has 0 aromatic carbocycles. The molecule has 0 saturated carbocycles. The predicted octanol–water partition coefficient (Wildman–Crippen LogP) is 3.03. The quantitative estimate of drug-likeness (QED) is 0.624. The van der Waals surface area contributed by atoms with Crippen molar-refractivity contribution in [3.05, 3.63) is 11.3 Å². The maximum atomic E-state index is 12.2. The zero-order chi connectivity index (χ0) is 11.0. The Kier molecular flexibility index (Phi) is 2.74. The molecule has 1 aliphatic carbocycles. The van der Waals surface area contributed by atoms with Gasteiger partial charge >= 0.3 is 0 Å². The van der Waals surface area contributed by atoms with E-state index in [9.17, 15) is 4.79 Å². The summed E-state index contributed by atoms with van der Waals surface area (Å²) < 4.78 is 0. The van der Waals surface area contributed by atoms with E-state index in [-0.39, 0.29) is 0 Å². The highest BCUT2D eigenvalue weighted by Crippen LogP contribution is 2.37. The topological polar surface area (TPSA) is 20.3 Å². The Labute approximate surface area is 97.7 Å². The molecule has 0 bridgehead atoms. The predicted molar refractivity (Wildman–Crippen MR) is 64.1 cm³/mol. The van der Waals surface area contributed by atoms with Crippen molar-refractivity contribution in [3.8, 4) is 0 Å². The number of hydrogen-bond acceptors (Lipinski definition) is 2. The van der Waals surface area contributed by atoms with Crippen molar-refractivity contribution in [2.24, 2.45) is 0 Å². The van der Waals surface area contributed by atoms with E-state index < -0.39 is 0 Å². The van der Waals surface area contributed by atoms with Crippen LogP contribution in [0.3, 0.4) is 0 Å². The largest absolute Gasteiger partial charge is 0.371 e. The second kappa shape index (κ2) is 4.23. The zero-order valence-electron chi connectivity index (χ0n) is 10.0. The van der Waals surface area contributed by atoms with Crippen molar-refractivity contribution in [1.82, 2.24) is 4.90 Å². The van der Waals surface area contributed by atoms with Crippen LogP contribution in [0.15, 0.2) is 11.3 Å². The fraction of sp³-hybridized carbons (Fsp3) is 0.786. The van der Waals surface area contributed by atoms with Crippen molar-refractivity contribution >= 4 is 5.78 Å². The van der Waals surface area contributed by atoms with Gasteiger partial charge in [-0.1, -0.05) is 6.42 Å². The van der Waals surface area contributed by atoms with Gasteiger partial charge < -0.3 is 4.90 Å². The Hall–Kier alpha value is -0.790. The fourth-order valence-corrected chi connectivity index (χ4v) is 3.59. The summed E-state index contributed by atoms with van der Waals surface area (Å²) in [5.41, 5.74) is 2.65. The minimum atomic E-state index is 0.472. The fourth-order valence-electron chi connectivity index (χ4n) is 3.59. The van der Waals surface area contributed by atoms with Crippen LogP contribution in [0.1, 0.15) is 57.8 Å². The number of carbonyl (C=O) groups excluding carboxylic acids is 1. The van der Waals surface area contributed by atoms with E-state index in [1.54, 1.807) is 0 Å². The Balaban J connectivity index is 1.94. The third-order valence-corrected chi connectivity index (χ3v) is 4.42. The van der Waals surface area contributed by atoms with Gasteiger partial charge in [0.05, 0.1) is 0 Å². The number of ketones is 1. The highest BCUT2D eigenvalue weighted by atomic mass is 16.1. The molecule has 88 valence electrons. The van der Waals surface area contributed by atoms with Gasteiger partial charge in [0.2, 0.25) is 0 Å². The lowest BCUT2D eigenvalue weighted by atomic mass is 9.87. The van der Waals surface area contributed by atoms with Gasteiger partial charge in [-0.15, -0.1) is 0 Å². The SMILES string of the molecule is O=C1CC2CCCCN2C2=C1CCCCC2. The van der Waals surface area contributed by atoms with Gasteiger partial charge in [-0.25, -0.2) is 0 Å². The van der Waals surface area contributed by atoms with Crippen molar-refractivity contribution in [2.75, 3.05) is 6.54 Å². The van der Waals surface area contributed by atoms with Crippen molar-refractivity contribution < 1.29 is 4.79 Å². The molecule has 2 nitrogen and oxygen atoms in total. The maximum absolute atomic E-state index is 12.2. The van der Waals surface area contributed by atoms with E-state index in [0.717, 1.165) is 19.3 Å². The summed E-state index contributed by atoms with van der Waals surface area (Å²) in [4.78, 5) is 14.7. The molecule has 0 N–H and O–H groups in total. The van der Waals surface area contributed by atoms with Crippen LogP contribution in [0.4, 0.5) is 0 Å². The van der Waals surface area contributed by atoms with Crippen LogP contribution < -0.4 is 0 Å². The smallest absolute Gasteiger partial charge is 0.162 e. The molecule has 1 fully saturated rings. The Bertz CT molecular complexity index is 332. The molecular weight excluding hydrogens is 198 g/mol. The number of carbonyl (C=O) groups is 1. The summed E-state index contributed by atoms with van der Waals surface area (Å²) >= 11 is 0. The lowest BCUT2D eigenvalue weighted by Crippen LogP contribution is -2.44. The Morgan fingerprint density at radius 2 is 1.88 bits per heavy atom. The first-order valence-corrected chi connectivity index (χ1v) is 6.88. The molecule has 1 saturated heterocycles. The van der Waals surface area contributed by atoms with Gasteiger partial charge in [0.15, 0.2) is 5.78 Å². The molecule has 3 rings (SSSR count). The van der Waals surface area contributed by atoms with Crippen LogP contribution in [0.5, 0.6) is 0 Å². The molecule has 0 spiro atoms. The molecule has 0 aromatic heterocycles. The van der Waals surface area contributed by atoms with Crippen LogP contribution in [0, 0.1) is 0 Å². The molecule has 0 aromatic rings. The summed E-state index contributed by atoms with van der Waals surface area (Å²) in [7, 11) is 0. The first-order chi connectivity index (χ1) is 7.86. The lowest BCUT2D eigenvalue weighted by Gasteiger charge is -2.43. The van der Waals surface area contributed by atoms with Crippen LogP contribution in [0.25, 0.3) is 0 Å². The average Bonchev–Trinajstić information content (AvgIpc) is 2.55.